The number of Topliss-reactive ketones (excluding diaryl/α,β-unsaturated/α-hetero) is 1. The Bertz CT molecular complexity index is 538. The summed E-state index contributed by atoms with van der Waals surface area (Å²) in [6, 6.07) is 0. The van der Waals surface area contributed by atoms with Crippen molar-refractivity contribution in [3.8, 4) is 0 Å². The summed E-state index contributed by atoms with van der Waals surface area (Å²) in [7, 11) is 0. The molecule has 4 aliphatic carbocycles. The van der Waals surface area contributed by atoms with Crippen molar-refractivity contribution in [2.45, 2.75) is 105 Å². The van der Waals surface area contributed by atoms with Gasteiger partial charge in [0.15, 0.2) is 0 Å². The van der Waals surface area contributed by atoms with Gasteiger partial charge in [-0.3, -0.25) is 4.79 Å². The average Bonchev–Trinajstić information content (AvgIpc) is 2.85. The number of hydrogen-bond acceptors (Lipinski definition) is 1. The molecule has 0 amide bonds. The first-order chi connectivity index (χ1) is 11.8. The minimum absolute atomic E-state index is 0.473. The van der Waals surface area contributed by atoms with Crippen molar-refractivity contribution in [1.82, 2.24) is 0 Å². The number of unbranched alkanes of at least 4 members (excludes halogenated alkanes) is 1. The number of ketones is 1. The van der Waals surface area contributed by atoms with Gasteiger partial charge in [0.25, 0.3) is 0 Å². The van der Waals surface area contributed by atoms with E-state index in [1.54, 1.807) is 0 Å². The average molecular weight is 345 g/mol. The van der Waals surface area contributed by atoms with Gasteiger partial charge >= 0.3 is 0 Å². The lowest BCUT2D eigenvalue weighted by atomic mass is 9.43. The third-order valence-electron chi connectivity index (χ3n) is 10.3. The minimum atomic E-state index is 0.473. The van der Waals surface area contributed by atoms with E-state index in [1.165, 1.54) is 64.2 Å². The van der Waals surface area contributed by atoms with E-state index in [9.17, 15) is 4.79 Å². The van der Waals surface area contributed by atoms with Crippen LogP contribution >= 0.6 is 0 Å². The van der Waals surface area contributed by atoms with Crippen LogP contribution in [-0.2, 0) is 4.79 Å². The van der Waals surface area contributed by atoms with Gasteiger partial charge in [-0.1, -0.05) is 40.5 Å². The van der Waals surface area contributed by atoms with Gasteiger partial charge in [-0.15, -0.1) is 0 Å². The van der Waals surface area contributed by atoms with E-state index in [2.05, 4.69) is 27.7 Å². The normalized spacial score (nSPS) is 52.4. The highest BCUT2D eigenvalue weighted by Gasteiger charge is 2.62. The van der Waals surface area contributed by atoms with E-state index in [0.717, 1.165) is 30.6 Å². The van der Waals surface area contributed by atoms with E-state index in [-0.39, 0.29) is 0 Å². The fraction of sp³-hybridized carbons (Fsp3) is 0.958. The van der Waals surface area contributed by atoms with Gasteiger partial charge in [0.1, 0.15) is 5.78 Å². The molecule has 25 heavy (non-hydrogen) atoms. The molecule has 0 aromatic carbocycles. The Morgan fingerprint density at radius 3 is 2.48 bits per heavy atom. The zero-order valence-corrected chi connectivity index (χ0v) is 17.2. The molecule has 0 bridgehead atoms. The molecule has 0 aliphatic heterocycles. The molecular weight excluding hydrogens is 304 g/mol. The molecule has 4 aliphatic rings. The van der Waals surface area contributed by atoms with Crippen molar-refractivity contribution in [1.29, 1.82) is 0 Å². The highest BCUT2D eigenvalue weighted by atomic mass is 16.1. The van der Waals surface area contributed by atoms with Crippen LogP contribution in [0.5, 0.6) is 0 Å². The van der Waals surface area contributed by atoms with Crippen LogP contribution in [-0.4, -0.2) is 5.78 Å². The first kappa shape index (κ1) is 18.1. The van der Waals surface area contributed by atoms with Crippen LogP contribution in [0.2, 0.25) is 0 Å². The standard InChI is InChI=1S/C24H40O/c1-5-6-12-22(2)13-10-21-19-8-7-17-16-18(25)9-14-23(17,3)20(19)11-15-24(21,22)4/h17,19-21H,5-16H2,1-4H3/t17?,19?,20-,21-,22?,23-,24-/m0/s1. The quantitative estimate of drug-likeness (QED) is 0.550. The maximum absolute atomic E-state index is 12.0. The second-order valence-corrected chi connectivity index (χ2v) is 11.1. The van der Waals surface area contributed by atoms with Gasteiger partial charge in [0.2, 0.25) is 0 Å². The summed E-state index contributed by atoms with van der Waals surface area (Å²) in [6.45, 7) is 10.2. The van der Waals surface area contributed by atoms with Crippen molar-refractivity contribution in [3.05, 3.63) is 0 Å². The molecule has 0 radical (unpaired) electrons. The van der Waals surface area contributed by atoms with Crippen LogP contribution in [0.15, 0.2) is 0 Å². The Hall–Kier alpha value is -0.330. The second-order valence-electron chi connectivity index (χ2n) is 11.1. The van der Waals surface area contributed by atoms with Crippen LogP contribution in [0, 0.1) is 39.9 Å². The maximum atomic E-state index is 12.0. The zero-order valence-electron chi connectivity index (χ0n) is 17.2. The molecular formula is C24H40O. The van der Waals surface area contributed by atoms with Crippen molar-refractivity contribution >= 4 is 5.78 Å². The van der Waals surface area contributed by atoms with E-state index < -0.39 is 0 Å². The van der Waals surface area contributed by atoms with E-state index in [4.69, 9.17) is 0 Å². The molecule has 0 saturated heterocycles. The van der Waals surface area contributed by atoms with Crippen molar-refractivity contribution < 1.29 is 4.79 Å². The van der Waals surface area contributed by atoms with Crippen LogP contribution in [0.3, 0.4) is 0 Å². The molecule has 3 unspecified atom stereocenters. The summed E-state index contributed by atoms with van der Waals surface area (Å²) in [4.78, 5) is 12.0. The fourth-order valence-corrected chi connectivity index (χ4v) is 8.38. The smallest absolute Gasteiger partial charge is 0.133 e. The first-order valence-electron chi connectivity index (χ1n) is 11.4. The highest BCUT2D eigenvalue weighted by molar-refractivity contribution is 5.79. The van der Waals surface area contributed by atoms with E-state index in [1.807, 2.05) is 0 Å². The molecule has 4 fully saturated rings. The topological polar surface area (TPSA) is 17.1 Å². The number of rotatable bonds is 3. The third-order valence-corrected chi connectivity index (χ3v) is 10.3. The lowest BCUT2D eigenvalue weighted by Crippen LogP contribution is -2.54. The summed E-state index contributed by atoms with van der Waals surface area (Å²) >= 11 is 0. The van der Waals surface area contributed by atoms with E-state index >= 15 is 0 Å². The van der Waals surface area contributed by atoms with Gasteiger partial charge in [-0.05, 0) is 91.3 Å². The Morgan fingerprint density at radius 2 is 1.72 bits per heavy atom. The molecule has 4 rings (SSSR count). The summed E-state index contributed by atoms with van der Waals surface area (Å²) in [5, 5.41) is 0. The number of fused-ring (bicyclic) bond motifs is 5. The molecule has 4 saturated carbocycles. The lowest BCUT2D eigenvalue weighted by Gasteiger charge is -2.61. The Labute approximate surface area is 155 Å². The molecule has 142 valence electrons. The summed E-state index contributed by atoms with van der Waals surface area (Å²) < 4.78 is 0. The Kier molecular flexibility index (Phi) is 4.40. The SMILES string of the molecule is CCCCC1(C)CC[C@H]2C3CCC4CC(=O)CC[C@]4(C)[C@H]3CC[C@@]21C. The van der Waals surface area contributed by atoms with Crippen LogP contribution < -0.4 is 0 Å². The van der Waals surface area contributed by atoms with Crippen molar-refractivity contribution in [2.24, 2.45) is 39.9 Å². The molecule has 1 heteroatoms. The summed E-state index contributed by atoms with van der Waals surface area (Å²) in [6.07, 6.45) is 15.8. The molecule has 0 spiro atoms. The third kappa shape index (κ3) is 2.50. The monoisotopic (exact) mass is 344 g/mol. The van der Waals surface area contributed by atoms with Crippen LogP contribution in [0.25, 0.3) is 0 Å². The van der Waals surface area contributed by atoms with Gasteiger partial charge in [-0.25, -0.2) is 0 Å². The Morgan fingerprint density at radius 1 is 0.960 bits per heavy atom. The van der Waals surface area contributed by atoms with Gasteiger partial charge in [0, 0.05) is 12.8 Å². The van der Waals surface area contributed by atoms with Gasteiger partial charge in [0.05, 0.1) is 0 Å². The minimum Gasteiger partial charge on any atom is -0.300 e. The molecule has 0 aromatic rings. The molecule has 0 aromatic heterocycles. The second kappa shape index (κ2) is 6.10. The summed E-state index contributed by atoms with van der Waals surface area (Å²) in [5.41, 5.74) is 1.64. The van der Waals surface area contributed by atoms with Crippen molar-refractivity contribution in [3.63, 3.8) is 0 Å². The van der Waals surface area contributed by atoms with Gasteiger partial charge in [-0.2, -0.15) is 0 Å². The van der Waals surface area contributed by atoms with Crippen LogP contribution in [0.1, 0.15) is 105 Å². The molecule has 7 atom stereocenters. The molecule has 0 heterocycles. The maximum Gasteiger partial charge on any atom is 0.133 e. The van der Waals surface area contributed by atoms with E-state index in [0.29, 0.717) is 27.9 Å². The fourth-order valence-electron chi connectivity index (χ4n) is 8.38. The largest absolute Gasteiger partial charge is 0.300 e. The number of carbonyl (C=O) groups excluding carboxylic acids is 1. The lowest BCUT2D eigenvalue weighted by molar-refractivity contribution is -0.143. The first-order valence-corrected chi connectivity index (χ1v) is 11.4. The van der Waals surface area contributed by atoms with Crippen LogP contribution in [0.4, 0.5) is 0 Å². The Balaban J connectivity index is 1.59. The zero-order chi connectivity index (χ0) is 17.9. The van der Waals surface area contributed by atoms with Crippen molar-refractivity contribution in [2.75, 3.05) is 0 Å². The predicted octanol–water partition coefficient (Wildman–Crippen LogP) is 6.79. The molecule has 1 nitrogen and oxygen atoms in total. The predicted molar refractivity (Wildman–Crippen MR) is 104 cm³/mol. The number of hydrogen-bond donors (Lipinski definition) is 0. The molecule has 0 N–H and O–H groups in total. The summed E-state index contributed by atoms with van der Waals surface area (Å²) in [5.74, 6) is 4.08. The highest BCUT2D eigenvalue weighted by Crippen LogP contribution is 2.71. The number of carbonyl (C=O) groups is 1. The van der Waals surface area contributed by atoms with Gasteiger partial charge < -0.3 is 0 Å².